The molecule has 18 nitrogen and oxygen atoms in total. The van der Waals surface area contributed by atoms with E-state index in [-0.39, 0.29) is 20.3 Å². The molecule has 0 bridgehead atoms. The summed E-state index contributed by atoms with van der Waals surface area (Å²) in [6.45, 7) is 1.35. The van der Waals surface area contributed by atoms with E-state index in [1.54, 1.807) is 0 Å². The van der Waals surface area contributed by atoms with Gasteiger partial charge in [0.1, 0.15) is 42.7 Å². The van der Waals surface area contributed by atoms with Crippen molar-refractivity contribution in [2.24, 2.45) is 5.73 Å². The molecule has 10 unspecified atom stereocenters. The molecule has 3 aliphatic heterocycles. The Bertz CT molecular complexity index is 797. The van der Waals surface area contributed by atoms with Gasteiger partial charge < -0.3 is 66.2 Å². The van der Waals surface area contributed by atoms with Gasteiger partial charge in [0.2, 0.25) is 5.91 Å². The zero-order valence-corrected chi connectivity index (χ0v) is 20.6. The van der Waals surface area contributed by atoms with Gasteiger partial charge >= 0.3 is 5.97 Å². The van der Waals surface area contributed by atoms with E-state index >= 15 is 0 Å². The molecule has 10 atom stereocenters. The van der Waals surface area contributed by atoms with Crippen LogP contribution in [0.25, 0.3) is 0 Å². The highest BCUT2D eigenvalue weighted by Crippen LogP contribution is 2.20. The van der Waals surface area contributed by atoms with Crippen molar-refractivity contribution in [1.82, 2.24) is 10.4 Å². The highest BCUT2D eigenvalue weighted by molar-refractivity contribution is 6.01. The van der Waals surface area contributed by atoms with Gasteiger partial charge in [-0.1, -0.05) is 7.43 Å². The minimum absolute atomic E-state index is 0. The summed E-state index contributed by atoms with van der Waals surface area (Å²) in [6, 6.07) is -2.14. The predicted molar refractivity (Wildman–Crippen MR) is 125 cm³/mol. The maximum atomic E-state index is 10.7. The molecule has 0 aromatic heterocycles. The van der Waals surface area contributed by atoms with E-state index in [1.165, 1.54) is 6.92 Å². The third-order valence-corrected chi connectivity index (χ3v) is 5.44. The summed E-state index contributed by atoms with van der Waals surface area (Å²) in [7, 11) is 0. The third-order valence-electron chi connectivity index (χ3n) is 5.44. The Labute approximate surface area is 223 Å². The summed E-state index contributed by atoms with van der Waals surface area (Å²) < 4.78 is 9.51. The molecule has 3 amide bonds. The van der Waals surface area contributed by atoms with Crippen molar-refractivity contribution in [2.45, 2.75) is 95.4 Å². The zero-order valence-electron chi connectivity index (χ0n) is 20.6. The number of carbonyl (C=O) groups is 4. The molecule has 3 rings (SSSR count). The molecular formula is C21H39N3O15. The standard InChI is InChI=1S/C8H15NO6.C6H13NO5.C6H7NO4.CH4/c1-3(11)9-5-7(13)6(12)4(2-10)15-8(5)14;7-3-5(10)4(9)2(1-8)12-6(3)11;1-4(8)11-7-5(9)2-3-6(7)10;/h4-8,10,12-14H,2H2,1H3,(H,9,11);2-6,8-11H,1,7H2;2-3H2,1H3;1H4. The Morgan fingerprint density at radius 1 is 0.872 bits per heavy atom. The lowest BCUT2D eigenvalue weighted by Gasteiger charge is -2.40. The van der Waals surface area contributed by atoms with Crippen LogP contribution in [0.5, 0.6) is 0 Å². The van der Waals surface area contributed by atoms with Crippen LogP contribution in [-0.4, -0.2) is 144 Å². The molecular weight excluding hydrogens is 534 g/mol. The van der Waals surface area contributed by atoms with Crippen LogP contribution in [0, 0.1) is 0 Å². The van der Waals surface area contributed by atoms with Crippen molar-refractivity contribution in [1.29, 1.82) is 0 Å². The average Bonchev–Trinajstić information content (AvgIpc) is 3.17. The maximum Gasteiger partial charge on any atom is 0.330 e. The Hall–Kier alpha value is -2.36. The number of nitrogens with zero attached hydrogens (tertiary/aromatic N) is 1. The lowest BCUT2D eigenvalue weighted by Crippen LogP contribution is -2.63. The number of amides is 3. The molecule has 0 aliphatic carbocycles. The predicted octanol–water partition coefficient (Wildman–Crippen LogP) is -6.08. The molecule has 3 aliphatic rings. The third kappa shape index (κ3) is 10.3. The fraction of sp³-hybridized carbons (Fsp3) is 0.810. The van der Waals surface area contributed by atoms with Gasteiger partial charge in [-0.05, 0) is 0 Å². The van der Waals surface area contributed by atoms with Crippen molar-refractivity contribution in [3.05, 3.63) is 0 Å². The van der Waals surface area contributed by atoms with Crippen LogP contribution in [0.4, 0.5) is 0 Å². The van der Waals surface area contributed by atoms with Crippen molar-refractivity contribution >= 4 is 23.7 Å². The van der Waals surface area contributed by atoms with E-state index in [2.05, 4.69) is 10.2 Å². The molecule has 11 N–H and O–H groups in total. The van der Waals surface area contributed by atoms with Gasteiger partial charge in [-0.2, -0.15) is 0 Å². The SMILES string of the molecule is C.CC(=O)NC1C(O)OC(CO)C(O)C1O.CC(=O)ON1C(=O)CCC1=O.NC1C(O)OC(CO)C(O)C1O. The lowest BCUT2D eigenvalue weighted by atomic mass is 9.97. The van der Waals surface area contributed by atoms with Crippen molar-refractivity contribution in [3.63, 3.8) is 0 Å². The van der Waals surface area contributed by atoms with E-state index < -0.39 is 98.2 Å². The Morgan fingerprint density at radius 3 is 1.72 bits per heavy atom. The smallest absolute Gasteiger partial charge is 0.330 e. The molecule has 3 fully saturated rings. The number of hydrogen-bond donors (Lipinski definition) is 10. The lowest BCUT2D eigenvalue weighted by molar-refractivity contribution is -0.253. The normalized spacial score (nSPS) is 35.9. The maximum absolute atomic E-state index is 10.7. The number of nitrogens with one attached hydrogen (secondary N) is 1. The first-order valence-corrected chi connectivity index (χ1v) is 11.3. The summed E-state index contributed by atoms with van der Waals surface area (Å²) in [6.07, 6.45) is -9.83. The first-order chi connectivity index (χ1) is 17.7. The van der Waals surface area contributed by atoms with Gasteiger partial charge in [0.25, 0.3) is 11.8 Å². The Kier molecular flexibility index (Phi) is 15.7. The summed E-state index contributed by atoms with van der Waals surface area (Å²) in [5.41, 5.74) is 5.26. The molecule has 18 heteroatoms. The molecule has 3 heterocycles. The van der Waals surface area contributed by atoms with E-state index in [0.29, 0.717) is 5.06 Å². The highest BCUT2D eigenvalue weighted by atomic mass is 16.7. The number of hydrogen-bond acceptors (Lipinski definition) is 16. The quantitative estimate of drug-likeness (QED) is 0.140. The molecule has 0 saturated carbocycles. The number of ether oxygens (including phenoxy) is 2. The van der Waals surface area contributed by atoms with Gasteiger partial charge in [0.15, 0.2) is 12.6 Å². The van der Waals surface area contributed by atoms with Crippen LogP contribution < -0.4 is 11.1 Å². The minimum atomic E-state index is -1.45. The molecule has 0 aromatic carbocycles. The summed E-state index contributed by atoms with van der Waals surface area (Å²) in [4.78, 5) is 46.9. The van der Waals surface area contributed by atoms with Gasteiger partial charge in [0, 0.05) is 26.7 Å². The fourth-order valence-electron chi connectivity index (χ4n) is 3.39. The fourth-order valence-corrected chi connectivity index (χ4v) is 3.39. The van der Waals surface area contributed by atoms with Crippen molar-refractivity contribution in [2.75, 3.05) is 13.2 Å². The monoisotopic (exact) mass is 573 g/mol. The van der Waals surface area contributed by atoms with E-state index in [4.69, 9.17) is 30.5 Å². The number of imide groups is 1. The first-order valence-electron chi connectivity index (χ1n) is 11.3. The van der Waals surface area contributed by atoms with Crippen LogP contribution in [0.1, 0.15) is 34.1 Å². The molecule has 0 spiro atoms. The number of hydroxylamine groups is 2. The van der Waals surface area contributed by atoms with Crippen LogP contribution >= 0.6 is 0 Å². The van der Waals surface area contributed by atoms with Gasteiger partial charge in [-0.15, -0.1) is 5.06 Å². The first kappa shape index (κ1) is 36.6. The van der Waals surface area contributed by atoms with E-state index in [9.17, 15) is 44.7 Å². The van der Waals surface area contributed by atoms with Crippen LogP contribution in [0.3, 0.4) is 0 Å². The molecule has 228 valence electrons. The Morgan fingerprint density at radius 2 is 1.31 bits per heavy atom. The second-order valence-corrected chi connectivity index (χ2v) is 8.43. The number of aliphatic hydroxyl groups excluding tert-OH is 8. The number of rotatable bonds is 4. The number of aliphatic hydroxyl groups is 8. The topological polar surface area (TPSA) is 299 Å². The summed E-state index contributed by atoms with van der Waals surface area (Å²) in [5.74, 6) is -2.03. The second-order valence-electron chi connectivity index (χ2n) is 8.43. The van der Waals surface area contributed by atoms with E-state index in [1.807, 2.05) is 0 Å². The minimum Gasteiger partial charge on any atom is -0.394 e. The van der Waals surface area contributed by atoms with Crippen LogP contribution in [0.15, 0.2) is 0 Å². The zero-order chi connectivity index (χ0) is 29.3. The van der Waals surface area contributed by atoms with Crippen LogP contribution in [0.2, 0.25) is 0 Å². The average molecular weight is 574 g/mol. The van der Waals surface area contributed by atoms with Gasteiger partial charge in [-0.3, -0.25) is 14.4 Å². The van der Waals surface area contributed by atoms with Crippen LogP contribution in [-0.2, 0) is 33.5 Å². The highest BCUT2D eigenvalue weighted by Gasteiger charge is 2.44. The van der Waals surface area contributed by atoms with Gasteiger partial charge in [0.05, 0.1) is 19.3 Å². The largest absolute Gasteiger partial charge is 0.394 e. The van der Waals surface area contributed by atoms with Gasteiger partial charge in [-0.25, -0.2) is 4.79 Å². The molecule has 39 heavy (non-hydrogen) atoms. The Balaban J connectivity index is 0.000000556. The summed E-state index contributed by atoms with van der Waals surface area (Å²) >= 11 is 0. The molecule has 3 saturated heterocycles. The molecule has 0 aromatic rings. The van der Waals surface area contributed by atoms with Crippen molar-refractivity contribution in [3.8, 4) is 0 Å². The second kappa shape index (κ2) is 16.7. The number of carbonyl (C=O) groups excluding carboxylic acids is 4. The van der Waals surface area contributed by atoms with Crippen molar-refractivity contribution < 1.29 is 74.3 Å². The number of nitrogens with two attached hydrogens (primary N) is 1. The summed E-state index contributed by atoms with van der Waals surface area (Å²) in [5, 5.41) is 76.0. The molecule has 0 radical (unpaired) electrons. The van der Waals surface area contributed by atoms with E-state index in [0.717, 1.165) is 6.92 Å².